The average Bonchev–Trinajstić information content (AvgIpc) is 3.56. The van der Waals surface area contributed by atoms with Crippen molar-refractivity contribution in [2.75, 3.05) is 13.2 Å². The van der Waals surface area contributed by atoms with Gasteiger partial charge >= 0.3 is 5.97 Å². The van der Waals surface area contributed by atoms with E-state index in [9.17, 15) is 55.9 Å². The first-order chi connectivity index (χ1) is 31.8. The molecule has 390 valence electrons. The number of hydrogen-bond donors (Lipinski definition) is 10. The van der Waals surface area contributed by atoms with E-state index in [4.69, 9.17) is 33.2 Å². The van der Waals surface area contributed by atoms with E-state index in [0.717, 1.165) is 31.3 Å². The van der Waals surface area contributed by atoms with Crippen LogP contribution in [0.15, 0.2) is 23.3 Å². The molecule has 10 N–H and O–H groups in total. The fourth-order valence-corrected chi connectivity index (χ4v) is 14.4. The number of ether oxygens (including phenoxy) is 7. The fraction of sp³-hybridized carbons (Fsp3) is 0.900. The Hall–Kier alpha value is -1.69. The van der Waals surface area contributed by atoms with E-state index >= 15 is 0 Å². The molecule has 6 fully saturated rings. The lowest BCUT2D eigenvalue weighted by Gasteiger charge is -2.67. The first kappa shape index (κ1) is 54.1. The fourth-order valence-electron chi connectivity index (χ4n) is 14.4. The zero-order valence-corrected chi connectivity index (χ0v) is 41.5. The van der Waals surface area contributed by atoms with Crippen molar-refractivity contribution in [3.63, 3.8) is 0 Å². The highest BCUT2D eigenvalue weighted by Gasteiger charge is 2.69. The second-order valence-electron chi connectivity index (χ2n) is 22.9. The van der Waals surface area contributed by atoms with Crippen molar-refractivity contribution in [1.29, 1.82) is 0 Å². The van der Waals surface area contributed by atoms with Gasteiger partial charge in [0.2, 0.25) is 0 Å². The minimum atomic E-state index is -1.68. The molecule has 3 heterocycles. The second kappa shape index (κ2) is 20.3. The summed E-state index contributed by atoms with van der Waals surface area (Å²) in [4.78, 5) is 12.3. The Balaban J connectivity index is 1.20. The molecule has 0 spiro atoms. The largest absolute Gasteiger partial charge is 0.454 e. The molecule has 3 saturated heterocycles. The molecule has 3 saturated carbocycles. The third kappa shape index (κ3) is 9.32. The van der Waals surface area contributed by atoms with Crippen molar-refractivity contribution in [2.24, 2.45) is 45.3 Å². The predicted molar refractivity (Wildman–Crippen MR) is 242 cm³/mol. The van der Waals surface area contributed by atoms with E-state index in [2.05, 4.69) is 47.6 Å². The molecule has 3 aliphatic heterocycles. The van der Waals surface area contributed by atoms with Crippen LogP contribution in [0.25, 0.3) is 0 Å². The van der Waals surface area contributed by atoms with Crippen LogP contribution < -0.4 is 0 Å². The first-order valence-corrected chi connectivity index (χ1v) is 24.9. The highest BCUT2D eigenvalue weighted by molar-refractivity contribution is 5.66. The Morgan fingerprint density at radius 1 is 0.750 bits per heavy atom. The highest BCUT2D eigenvalue weighted by atomic mass is 16.7. The number of aliphatic hydroxyl groups is 10. The zero-order chi connectivity index (χ0) is 50.2. The van der Waals surface area contributed by atoms with Crippen LogP contribution in [0.1, 0.15) is 114 Å². The topological polar surface area (TPSA) is 284 Å². The molecule has 25 atom stereocenters. The van der Waals surface area contributed by atoms with Crippen molar-refractivity contribution < 1.29 is 89.0 Å². The van der Waals surface area contributed by atoms with Gasteiger partial charge in [-0.05, 0) is 99.2 Å². The number of carbonyl (C=O) groups is 1. The number of allylic oxidation sites excluding steroid dienone is 3. The molecule has 7 rings (SSSR count). The summed E-state index contributed by atoms with van der Waals surface area (Å²) in [6, 6.07) is 0. The Labute approximate surface area is 400 Å². The molecule has 0 unspecified atom stereocenters. The van der Waals surface area contributed by atoms with Crippen LogP contribution in [0.2, 0.25) is 0 Å². The van der Waals surface area contributed by atoms with Gasteiger partial charge in [0.05, 0.1) is 37.6 Å². The third-order valence-electron chi connectivity index (χ3n) is 18.4. The van der Waals surface area contributed by atoms with Gasteiger partial charge in [0, 0.05) is 18.8 Å². The van der Waals surface area contributed by atoms with Crippen LogP contribution in [0.4, 0.5) is 0 Å². The van der Waals surface area contributed by atoms with Gasteiger partial charge in [-0.3, -0.25) is 4.79 Å². The molecule has 18 heteroatoms. The van der Waals surface area contributed by atoms with Gasteiger partial charge in [0.25, 0.3) is 0 Å². The van der Waals surface area contributed by atoms with Crippen LogP contribution >= 0.6 is 0 Å². The summed E-state index contributed by atoms with van der Waals surface area (Å²) in [7, 11) is 0. The van der Waals surface area contributed by atoms with Crippen molar-refractivity contribution in [3.05, 3.63) is 23.3 Å². The molecule has 0 aromatic heterocycles. The Kier molecular flexibility index (Phi) is 16.2. The molecular weight excluding hydrogens is 889 g/mol. The number of carbonyl (C=O) groups excluding carboxylic acids is 1. The number of aliphatic hydroxyl groups excluding tert-OH is 10. The minimum Gasteiger partial charge on any atom is -0.454 e. The summed E-state index contributed by atoms with van der Waals surface area (Å²) in [5.74, 6) is -0.494. The zero-order valence-electron chi connectivity index (χ0n) is 41.5. The predicted octanol–water partition coefficient (Wildman–Crippen LogP) is 1.35. The van der Waals surface area contributed by atoms with Gasteiger partial charge in [0.1, 0.15) is 61.0 Å². The average molecular weight is 971 g/mol. The van der Waals surface area contributed by atoms with E-state index < -0.39 is 140 Å². The highest BCUT2D eigenvalue weighted by Crippen LogP contribution is 2.74. The third-order valence-corrected chi connectivity index (χ3v) is 18.4. The summed E-state index contributed by atoms with van der Waals surface area (Å²) in [6.45, 7) is 18.9. The van der Waals surface area contributed by atoms with Crippen molar-refractivity contribution in [2.45, 2.75) is 225 Å². The summed E-state index contributed by atoms with van der Waals surface area (Å²) >= 11 is 0. The van der Waals surface area contributed by atoms with Crippen molar-refractivity contribution >= 4 is 5.97 Å². The molecule has 0 aromatic carbocycles. The molecular formula is C50H82O18. The summed E-state index contributed by atoms with van der Waals surface area (Å²) < 4.78 is 43.4. The summed E-state index contributed by atoms with van der Waals surface area (Å²) in [5.41, 5.74) is 0.646. The number of hydrogen-bond acceptors (Lipinski definition) is 18. The quantitative estimate of drug-likeness (QED) is 0.0921. The van der Waals surface area contributed by atoms with E-state index in [1.165, 1.54) is 12.5 Å². The molecule has 0 amide bonds. The number of rotatable bonds is 13. The maximum atomic E-state index is 12.3. The van der Waals surface area contributed by atoms with E-state index in [-0.39, 0.29) is 40.9 Å². The van der Waals surface area contributed by atoms with Crippen molar-refractivity contribution in [3.8, 4) is 0 Å². The molecule has 4 aliphatic carbocycles. The van der Waals surface area contributed by atoms with Gasteiger partial charge in [-0.1, -0.05) is 64.8 Å². The van der Waals surface area contributed by atoms with Gasteiger partial charge in [0.15, 0.2) is 25.0 Å². The van der Waals surface area contributed by atoms with Crippen LogP contribution in [0.3, 0.4) is 0 Å². The summed E-state index contributed by atoms with van der Waals surface area (Å²) in [6.07, 6.45) is -13.4. The maximum absolute atomic E-state index is 12.3. The van der Waals surface area contributed by atoms with Gasteiger partial charge in [-0.25, -0.2) is 0 Å². The minimum absolute atomic E-state index is 0.0329. The van der Waals surface area contributed by atoms with Gasteiger partial charge < -0.3 is 84.2 Å². The molecule has 7 aliphatic rings. The van der Waals surface area contributed by atoms with Crippen LogP contribution in [-0.2, 0) is 38.0 Å². The number of esters is 1. The Morgan fingerprint density at radius 2 is 1.34 bits per heavy atom. The number of fused-ring (bicyclic) bond motifs is 5. The van der Waals surface area contributed by atoms with E-state index in [0.29, 0.717) is 12.8 Å². The lowest BCUT2D eigenvalue weighted by atomic mass is 9.40. The van der Waals surface area contributed by atoms with E-state index in [1.807, 2.05) is 19.9 Å². The molecule has 18 nitrogen and oxygen atoms in total. The lowest BCUT2D eigenvalue weighted by Crippen LogP contribution is -2.67. The molecule has 0 aromatic rings. The molecule has 0 bridgehead atoms. The van der Waals surface area contributed by atoms with Gasteiger partial charge in [-0.2, -0.15) is 0 Å². The maximum Gasteiger partial charge on any atom is 0.303 e. The monoisotopic (exact) mass is 971 g/mol. The van der Waals surface area contributed by atoms with E-state index in [1.54, 1.807) is 6.92 Å². The summed E-state index contributed by atoms with van der Waals surface area (Å²) in [5, 5.41) is 107. The van der Waals surface area contributed by atoms with Crippen molar-refractivity contribution in [1.82, 2.24) is 0 Å². The SMILES string of the molecule is CC(=O)O[C@H]1[C@H](O[C@H]2C[C@@H](O[C@@H]3O[C@H](CO)[C@@H](O)[C@H](O)[C@H]3O)[C@]3(C)[C@H]4CC[C@@]5(C)[C@H]([C@H](C)C[C@@H](C=C(C)C)O[C@@H]6O[C@@H](C)[C@H](O)[C@@H](O)[C@H]6O)CC[C@]5(C)C4=CC[C@H]3C2(C)C)O[C@H](CO)[C@@H](O)[C@@H]1O. The second-order valence-corrected chi connectivity index (χ2v) is 22.9. The first-order valence-electron chi connectivity index (χ1n) is 24.9. The molecule has 68 heavy (non-hydrogen) atoms. The smallest absolute Gasteiger partial charge is 0.303 e. The Morgan fingerprint density at radius 3 is 1.96 bits per heavy atom. The Bertz CT molecular complexity index is 1820. The molecule has 0 radical (unpaired) electrons. The normalized spacial score (nSPS) is 49.9. The lowest BCUT2D eigenvalue weighted by molar-refractivity contribution is -0.354. The van der Waals surface area contributed by atoms with Crippen LogP contribution in [0.5, 0.6) is 0 Å². The van der Waals surface area contributed by atoms with Crippen LogP contribution in [0, 0.1) is 45.3 Å². The van der Waals surface area contributed by atoms with Gasteiger partial charge in [-0.15, -0.1) is 0 Å². The van der Waals surface area contributed by atoms with Crippen LogP contribution in [-0.4, -0.2) is 181 Å². The standard InChI is InChI=1S/C50H82O18/c1-22(2)17-26(64-44-41(60)38(57)35(54)24(4)62-44)18-23(3)27-13-15-49(9)28-11-12-32-47(6,7)33(67-46-43(63-25(5)53)40(59)37(56)31(21-52)66-46)19-34(50(32,10)29(28)14-16-48(27,49)8)68-45-42(61)39(58)36(55)30(20-51)65-45/h11,17,23-24,26-27,29-46,51-52,54-61H,12-16,18-21H2,1-10H3/t23-,24+,26-,27+,29+,30-,31-,32+,33+,34-,35+,36-,37-,38-,39+,40+,41-,42-,43-,44+,45+,46+,48+,49-,50-/m1/s1.